The molecule has 10 nitrogen and oxygen atoms in total. The second-order valence-corrected chi connectivity index (χ2v) is 31.9. The van der Waals surface area contributed by atoms with E-state index in [0.29, 0.717) is 35.7 Å². The average molecular weight is 986 g/mol. The minimum atomic E-state index is -3.19. The van der Waals surface area contributed by atoms with Crippen molar-refractivity contribution < 1.29 is 23.9 Å². The van der Waals surface area contributed by atoms with Crippen LogP contribution in [0, 0.1) is 5.92 Å². The summed E-state index contributed by atoms with van der Waals surface area (Å²) in [7, 11) is -0.0839. The van der Waals surface area contributed by atoms with Gasteiger partial charge in [0.15, 0.2) is 0 Å². The molecule has 2 heterocycles. The topological polar surface area (TPSA) is 124 Å². The molecule has 0 bridgehead atoms. The molecule has 2 N–H and O–H groups in total. The number of methoxy groups -OCH3 is 1. The normalized spacial score (nSPS) is 12.8. The fourth-order valence-electron chi connectivity index (χ4n) is 7.24. The number of carbonyl (C=O) groups is 3. The van der Waals surface area contributed by atoms with E-state index in [2.05, 4.69) is 139 Å². The second-order valence-electron chi connectivity index (χ2n) is 16.3. The number of amides is 2. The van der Waals surface area contributed by atoms with E-state index in [1.165, 1.54) is 23.0 Å². The van der Waals surface area contributed by atoms with Gasteiger partial charge in [-0.05, 0) is 34.1 Å². The maximum atomic E-state index is 14.2. The van der Waals surface area contributed by atoms with Gasteiger partial charge in [-0.1, -0.05) is 19.6 Å². The Balaban J connectivity index is 1.30. The summed E-state index contributed by atoms with van der Waals surface area (Å²) < 4.78 is 13.4. The Morgan fingerprint density at radius 1 is 0.836 bits per heavy atom. The SMILES string of the molecule is COC(=O)Nc1ccc(-c2cn(COCC[Si](C)(C)C)c(C(=O)c3ccc(Br)cn3)n2)c(NC(=O)C(C)CCCP(Br)(c2ccccc2)(c2ccccc2)c2ccccc2)c1. The number of halogens is 2. The van der Waals surface area contributed by atoms with Gasteiger partial charge in [-0.15, -0.1) is 0 Å². The third kappa shape index (κ3) is 10.8. The zero-order valence-electron chi connectivity index (χ0n) is 35.1. The Bertz CT molecular complexity index is 2350. The average Bonchev–Trinajstić information content (AvgIpc) is 3.69. The van der Waals surface area contributed by atoms with Crippen LogP contribution in [0.5, 0.6) is 0 Å². The molecule has 6 aromatic rings. The number of imidazole rings is 1. The molecule has 1 atom stereocenters. The molecule has 0 radical (unpaired) electrons. The zero-order valence-corrected chi connectivity index (χ0v) is 40.2. The van der Waals surface area contributed by atoms with Gasteiger partial charge < -0.3 is 4.74 Å². The van der Waals surface area contributed by atoms with Gasteiger partial charge in [0.25, 0.3) is 0 Å². The molecule has 14 heteroatoms. The van der Waals surface area contributed by atoms with E-state index in [1.807, 2.05) is 25.1 Å². The quantitative estimate of drug-likeness (QED) is 0.0380. The summed E-state index contributed by atoms with van der Waals surface area (Å²) >= 11 is 7.92. The van der Waals surface area contributed by atoms with Crippen LogP contribution in [0.2, 0.25) is 25.7 Å². The van der Waals surface area contributed by atoms with Crippen LogP contribution in [0.15, 0.2) is 138 Å². The Kier molecular flexibility index (Phi) is 15.0. The molecular formula is C47H52Br2N5O5PSi. The number of carbonyl (C=O) groups excluding carboxylic acids is 3. The van der Waals surface area contributed by atoms with Gasteiger partial charge >= 0.3 is 271 Å². The fraction of sp³-hybridized carbons (Fsp3) is 0.255. The Hall–Kier alpha value is -4.78. The number of nitrogens with one attached hydrogen (secondary N) is 2. The number of nitrogens with zero attached hydrogens (tertiary/aromatic N) is 3. The number of anilines is 2. The van der Waals surface area contributed by atoms with E-state index in [1.54, 1.807) is 47.3 Å². The van der Waals surface area contributed by atoms with E-state index in [-0.39, 0.29) is 29.9 Å². The molecule has 0 aliphatic carbocycles. The van der Waals surface area contributed by atoms with Gasteiger partial charge in [-0.2, -0.15) is 0 Å². The van der Waals surface area contributed by atoms with Crippen LogP contribution in [0.25, 0.3) is 11.3 Å². The van der Waals surface area contributed by atoms with Crippen molar-refractivity contribution in [3.8, 4) is 11.3 Å². The number of hydrogen-bond acceptors (Lipinski definition) is 7. The van der Waals surface area contributed by atoms with Crippen molar-refractivity contribution in [1.82, 2.24) is 14.5 Å². The van der Waals surface area contributed by atoms with E-state index < -0.39 is 25.4 Å². The summed E-state index contributed by atoms with van der Waals surface area (Å²) in [6.07, 6.45) is 4.78. The zero-order chi connectivity index (χ0) is 43.6. The number of rotatable bonds is 18. The molecule has 2 aromatic heterocycles. The van der Waals surface area contributed by atoms with E-state index in [4.69, 9.17) is 14.5 Å². The van der Waals surface area contributed by atoms with E-state index in [0.717, 1.165) is 23.1 Å². The van der Waals surface area contributed by atoms with Crippen molar-refractivity contribution in [2.24, 2.45) is 5.92 Å². The standard InChI is InChI=1S/C47H52Br2N5O5PSi/c1-34(16-15-28-60(49,37-17-9-6-10-18-37,38-19-11-7-12-20-38)39-21-13-8-14-22-39)46(56)53-42-30-36(51-47(57)58-2)24-25-40(42)43-32-54(33-59-27-29-61(3,4)5)45(52-43)44(55)41-26-23-35(48)31-50-41/h6-14,17-26,30-32,34H,15-16,27-29,33H2,1-5H3,(H,51,57)(H,53,56). The molecule has 1 unspecified atom stereocenters. The van der Waals surface area contributed by atoms with Crippen molar-refractivity contribution in [2.75, 3.05) is 30.5 Å². The number of ether oxygens (including phenoxy) is 2. The van der Waals surface area contributed by atoms with Crippen molar-refractivity contribution in [1.29, 1.82) is 0 Å². The fourth-order valence-corrected chi connectivity index (χ4v) is 15.9. The third-order valence-corrected chi connectivity index (χ3v) is 22.9. The molecule has 61 heavy (non-hydrogen) atoms. The number of hydrogen-bond donors (Lipinski definition) is 2. The molecule has 0 aliphatic rings. The molecule has 0 saturated heterocycles. The molecule has 4 aromatic carbocycles. The van der Waals surface area contributed by atoms with Gasteiger partial charge in [-0.3, -0.25) is 9.78 Å². The number of aromatic nitrogens is 3. The molecule has 6 rings (SSSR count). The Labute approximate surface area is 375 Å². The summed E-state index contributed by atoms with van der Waals surface area (Å²) in [5.41, 5.74) is 2.04. The van der Waals surface area contributed by atoms with Gasteiger partial charge in [0.05, 0.1) is 7.11 Å². The Morgan fingerprint density at radius 3 is 1.98 bits per heavy atom. The van der Waals surface area contributed by atoms with Crippen LogP contribution in [0.4, 0.5) is 16.2 Å². The molecule has 2 amide bonds. The number of pyridine rings is 1. The van der Waals surface area contributed by atoms with Crippen LogP contribution in [-0.2, 0) is 21.0 Å². The summed E-state index contributed by atoms with van der Waals surface area (Å²) in [6, 6.07) is 41.3. The molecular weight excluding hydrogens is 933 g/mol. The van der Waals surface area contributed by atoms with Crippen LogP contribution in [-0.4, -0.2) is 60.3 Å². The van der Waals surface area contributed by atoms with Crippen molar-refractivity contribution >= 4 is 89.9 Å². The van der Waals surface area contributed by atoms with Gasteiger partial charge in [0.1, 0.15) is 5.69 Å². The van der Waals surface area contributed by atoms with Gasteiger partial charge in [-0.25, -0.2) is 0 Å². The van der Waals surface area contributed by atoms with Crippen molar-refractivity contribution in [3.05, 3.63) is 150 Å². The molecule has 0 saturated carbocycles. The molecule has 0 aliphatic heterocycles. The third-order valence-electron chi connectivity index (χ3n) is 10.7. The first-order valence-electron chi connectivity index (χ1n) is 20.2. The van der Waals surface area contributed by atoms with E-state index >= 15 is 0 Å². The molecule has 0 fully saturated rings. The van der Waals surface area contributed by atoms with Crippen LogP contribution < -0.4 is 26.5 Å². The summed E-state index contributed by atoms with van der Waals surface area (Å²) in [6.45, 7) is 9.41. The monoisotopic (exact) mass is 983 g/mol. The van der Waals surface area contributed by atoms with Crippen LogP contribution in [0.1, 0.15) is 36.1 Å². The van der Waals surface area contributed by atoms with Crippen LogP contribution >= 0.6 is 36.7 Å². The first kappa shape index (κ1) is 45.7. The predicted octanol–water partition coefficient (Wildman–Crippen LogP) is 10.6. The first-order valence-corrected chi connectivity index (χ1v) is 29.2. The number of ketones is 1. The first-order chi connectivity index (χ1) is 29.2. The van der Waals surface area contributed by atoms with Gasteiger partial charge in [0.2, 0.25) is 0 Å². The van der Waals surface area contributed by atoms with Gasteiger partial charge in [0, 0.05) is 25.4 Å². The Morgan fingerprint density at radius 2 is 1.44 bits per heavy atom. The van der Waals surface area contributed by atoms with Crippen LogP contribution in [0.3, 0.4) is 0 Å². The predicted molar refractivity (Wildman–Crippen MR) is 259 cm³/mol. The summed E-state index contributed by atoms with van der Waals surface area (Å²) in [5, 5.41) is 6.32. The van der Waals surface area contributed by atoms with E-state index in [9.17, 15) is 14.4 Å². The summed E-state index contributed by atoms with van der Waals surface area (Å²) in [4.78, 5) is 49.6. The number of benzene rings is 4. The minimum absolute atomic E-state index is 0.101. The summed E-state index contributed by atoms with van der Waals surface area (Å²) in [5.74, 6) is -0.825. The second kappa shape index (κ2) is 19.9. The molecule has 318 valence electrons. The molecule has 0 spiro atoms. The van der Waals surface area contributed by atoms with Crippen molar-refractivity contribution in [2.45, 2.75) is 52.2 Å². The maximum absolute atomic E-state index is 14.2. The van der Waals surface area contributed by atoms with Crippen molar-refractivity contribution in [3.63, 3.8) is 0 Å².